The number of nitrogens with one attached hydrogen (secondary N) is 1. The molecule has 1 heterocycles. The van der Waals surface area contributed by atoms with E-state index < -0.39 is 15.9 Å². The van der Waals surface area contributed by atoms with Gasteiger partial charge < -0.3 is 15.0 Å². The smallest absolute Gasteiger partial charge is 0.264 e. The predicted molar refractivity (Wildman–Crippen MR) is 135 cm³/mol. The maximum Gasteiger partial charge on any atom is 0.264 e. The van der Waals surface area contributed by atoms with Crippen molar-refractivity contribution >= 4 is 33.0 Å². The van der Waals surface area contributed by atoms with E-state index in [2.05, 4.69) is 10.2 Å². The molecule has 0 aromatic heterocycles. The zero-order valence-corrected chi connectivity index (χ0v) is 20.0. The van der Waals surface area contributed by atoms with Gasteiger partial charge in [0.25, 0.3) is 10.0 Å². The summed E-state index contributed by atoms with van der Waals surface area (Å²) in [6.45, 7) is 4.10. The van der Waals surface area contributed by atoms with E-state index in [1.54, 1.807) is 42.5 Å². The molecule has 0 aliphatic carbocycles. The number of anilines is 3. The third kappa shape index (κ3) is 5.51. The highest BCUT2D eigenvalue weighted by Crippen LogP contribution is 2.26. The molecule has 1 amide bonds. The Hall–Kier alpha value is -3.52. The van der Waals surface area contributed by atoms with E-state index >= 15 is 0 Å². The molecule has 34 heavy (non-hydrogen) atoms. The number of rotatable bonds is 9. The summed E-state index contributed by atoms with van der Waals surface area (Å²) in [5.74, 6) is 0.202. The van der Waals surface area contributed by atoms with Crippen LogP contribution in [-0.4, -0.2) is 40.6 Å². The third-order valence-corrected chi connectivity index (χ3v) is 7.46. The van der Waals surface area contributed by atoms with Crippen molar-refractivity contribution in [2.45, 2.75) is 24.7 Å². The second kappa shape index (κ2) is 10.6. The summed E-state index contributed by atoms with van der Waals surface area (Å²) in [5.41, 5.74) is 2.13. The summed E-state index contributed by atoms with van der Waals surface area (Å²) in [6, 6.07) is 22.4. The lowest BCUT2D eigenvalue weighted by Gasteiger charge is -2.24. The van der Waals surface area contributed by atoms with E-state index in [0.29, 0.717) is 23.7 Å². The normalized spacial score (nSPS) is 13.5. The van der Waals surface area contributed by atoms with Gasteiger partial charge in [-0.05, 0) is 80.4 Å². The SMILES string of the molecule is CCOc1ccc(N(CC(=O)Nc2ccc(N3CCCC3)cc2)S(=O)(=O)c2ccccc2)cc1. The Morgan fingerprint density at radius 2 is 1.59 bits per heavy atom. The van der Waals surface area contributed by atoms with Crippen molar-refractivity contribution in [3.63, 3.8) is 0 Å². The molecular weight excluding hydrogens is 450 g/mol. The van der Waals surface area contributed by atoms with Crippen molar-refractivity contribution < 1.29 is 17.9 Å². The van der Waals surface area contributed by atoms with E-state index in [9.17, 15) is 13.2 Å². The first-order valence-electron chi connectivity index (χ1n) is 11.4. The zero-order chi connectivity index (χ0) is 24.0. The van der Waals surface area contributed by atoms with Crippen LogP contribution in [0.3, 0.4) is 0 Å². The fourth-order valence-corrected chi connectivity index (χ4v) is 5.41. The Morgan fingerprint density at radius 3 is 2.21 bits per heavy atom. The number of ether oxygens (including phenoxy) is 1. The fraction of sp³-hybridized carbons (Fsp3) is 0.269. The second-order valence-electron chi connectivity index (χ2n) is 8.04. The number of hydrogen-bond donors (Lipinski definition) is 1. The number of hydrogen-bond acceptors (Lipinski definition) is 5. The monoisotopic (exact) mass is 479 g/mol. The Labute approximate surface area is 201 Å². The number of carbonyl (C=O) groups excluding carboxylic acids is 1. The van der Waals surface area contributed by atoms with Crippen molar-refractivity contribution in [1.29, 1.82) is 0 Å². The van der Waals surface area contributed by atoms with Gasteiger partial charge in [-0.3, -0.25) is 9.10 Å². The van der Waals surface area contributed by atoms with E-state index in [4.69, 9.17) is 4.74 Å². The standard InChI is InChI=1S/C26H29N3O4S/c1-2-33-24-16-14-23(15-17-24)29(34(31,32)25-8-4-3-5-9-25)20-26(30)27-21-10-12-22(13-11-21)28-18-6-7-19-28/h3-5,8-17H,2,6-7,18-20H2,1H3,(H,27,30). The first-order valence-corrected chi connectivity index (χ1v) is 12.9. The van der Waals surface area contributed by atoms with Crippen molar-refractivity contribution in [2.24, 2.45) is 0 Å². The highest BCUT2D eigenvalue weighted by molar-refractivity contribution is 7.92. The number of amides is 1. The maximum atomic E-state index is 13.4. The van der Waals surface area contributed by atoms with Gasteiger partial charge in [0.05, 0.1) is 17.2 Å². The van der Waals surface area contributed by atoms with Crippen molar-refractivity contribution in [2.75, 3.05) is 40.8 Å². The summed E-state index contributed by atoms with van der Waals surface area (Å²) in [6.07, 6.45) is 2.38. The highest BCUT2D eigenvalue weighted by atomic mass is 32.2. The molecule has 4 rings (SSSR count). The lowest BCUT2D eigenvalue weighted by molar-refractivity contribution is -0.114. The van der Waals surface area contributed by atoms with Gasteiger partial charge in [0, 0.05) is 24.5 Å². The molecule has 1 fully saturated rings. The largest absolute Gasteiger partial charge is 0.494 e. The molecule has 0 radical (unpaired) electrons. The number of carbonyl (C=O) groups is 1. The van der Waals surface area contributed by atoms with Crippen molar-refractivity contribution in [3.8, 4) is 5.75 Å². The van der Waals surface area contributed by atoms with Gasteiger partial charge in [0.2, 0.25) is 5.91 Å². The Bertz CT molecular complexity index is 1190. The molecular formula is C26H29N3O4S. The first-order chi connectivity index (χ1) is 16.5. The van der Waals surface area contributed by atoms with Crippen molar-refractivity contribution in [3.05, 3.63) is 78.9 Å². The van der Waals surface area contributed by atoms with E-state index in [0.717, 1.165) is 23.1 Å². The topological polar surface area (TPSA) is 79.0 Å². The van der Waals surface area contributed by atoms with Crippen LogP contribution in [0.4, 0.5) is 17.1 Å². The lowest BCUT2D eigenvalue weighted by Crippen LogP contribution is -2.38. The van der Waals surface area contributed by atoms with Crippen LogP contribution in [0.2, 0.25) is 0 Å². The molecule has 3 aromatic carbocycles. The number of sulfonamides is 1. The van der Waals surface area contributed by atoms with E-state index in [-0.39, 0.29) is 11.4 Å². The van der Waals surface area contributed by atoms with E-state index in [1.165, 1.54) is 25.0 Å². The maximum absolute atomic E-state index is 13.4. The Balaban J connectivity index is 1.54. The molecule has 0 saturated carbocycles. The molecule has 1 N–H and O–H groups in total. The molecule has 1 aliphatic rings. The molecule has 0 spiro atoms. The average molecular weight is 480 g/mol. The minimum atomic E-state index is -3.96. The zero-order valence-electron chi connectivity index (χ0n) is 19.2. The van der Waals surface area contributed by atoms with Gasteiger partial charge in [-0.2, -0.15) is 0 Å². The van der Waals surface area contributed by atoms with Gasteiger partial charge in [0.1, 0.15) is 12.3 Å². The van der Waals surface area contributed by atoms with Crippen LogP contribution in [0.1, 0.15) is 19.8 Å². The molecule has 0 bridgehead atoms. The Kier molecular flexibility index (Phi) is 7.37. The van der Waals surface area contributed by atoms with Gasteiger partial charge in [-0.1, -0.05) is 18.2 Å². The summed E-state index contributed by atoms with van der Waals surface area (Å²) < 4.78 is 33.4. The van der Waals surface area contributed by atoms with Gasteiger partial charge in [-0.15, -0.1) is 0 Å². The van der Waals surface area contributed by atoms with Crippen LogP contribution in [0, 0.1) is 0 Å². The molecule has 1 aliphatic heterocycles. The third-order valence-electron chi connectivity index (χ3n) is 5.68. The summed E-state index contributed by atoms with van der Waals surface area (Å²) in [4.78, 5) is 15.4. The lowest BCUT2D eigenvalue weighted by atomic mass is 10.2. The van der Waals surface area contributed by atoms with Crippen LogP contribution in [0.25, 0.3) is 0 Å². The van der Waals surface area contributed by atoms with Gasteiger partial charge >= 0.3 is 0 Å². The molecule has 8 heteroatoms. The number of nitrogens with zero attached hydrogens (tertiary/aromatic N) is 2. The van der Waals surface area contributed by atoms with Crippen LogP contribution >= 0.6 is 0 Å². The van der Waals surface area contributed by atoms with E-state index in [1.807, 2.05) is 31.2 Å². The minimum absolute atomic E-state index is 0.117. The quantitative estimate of drug-likeness (QED) is 0.488. The second-order valence-corrected chi connectivity index (χ2v) is 9.90. The van der Waals surface area contributed by atoms with Crippen LogP contribution in [0.15, 0.2) is 83.8 Å². The molecule has 7 nitrogen and oxygen atoms in total. The minimum Gasteiger partial charge on any atom is -0.494 e. The Morgan fingerprint density at radius 1 is 0.941 bits per heavy atom. The predicted octanol–water partition coefficient (Wildman–Crippen LogP) is 4.52. The average Bonchev–Trinajstić information content (AvgIpc) is 3.39. The molecule has 178 valence electrons. The van der Waals surface area contributed by atoms with Crippen LogP contribution < -0.4 is 19.3 Å². The first kappa shape index (κ1) is 23.6. The summed E-state index contributed by atoms with van der Waals surface area (Å²) >= 11 is 0. The van der Waals surface area contributed by atoms with Gasteiger partial charge in [0.15, 0.2) is 0 Å². The van der Waals surface area contributed by atoms with Crippen LogP contribution in [0.5, 0.6) is 5.75 Å². The van der Waals surface area contributed by atoms with Crippen LogP contribution in [-0.2, 0) is 14.8 Å². The molecule has 0 unspecified atom stereocenters. The molecule has 0 atom stereocenters. The van der Waals surface area contributed by atoms with Crippen molar-refractivity contribution in [1.82, 2.24) is 0 Å². The summed E-state index contributed by atoms with van der Waals surface area (Å²) in [7, 11) is -3.96. The molecule has 1 saturated heterocycles. The highest BCUT2D eigenvalue weighted by Gasteiger charge is 2.27. The number of benzene rings is 3. The van der Waals surface area contributed by atoms with Gasteiger partial charge in [-0.25, -0.2) is 8.42 Å². The summed E-state index contributed by atoms with van der Waals surface area (Å²) in [5, 5.41) is 2.83. The molecule has 3 aromatic rings. The fourth-order valence-electron chi connectivity index (χ4n) is 3.97.